The molecule has 0 aromatic heterocycles. The van der Waals surface area contributed by atoms with Gasteiger partial charge in [0.2, 0.25) is 0 Å². The van der Waals surface area contributed by atoms with Crippen molar-refractivity contribution >= 4 is 6.47 Å². The summed E-state index contributed by atoms with van der Waals surface area (Å²) in [5.74, 6) is 0.564. The summed E-state index contributed by atoms with van der Waals surface area (Å²) in [6.45, 7) is 2.02. The van der Waals surface area contributed by atoms with Crippen molar-refractivity contribution in [2.45, 2.75) is 12.5 Å². The van der Waals surface area contributed by atoms with E-state index in [-0.39, 0.29) is 5.75 Å². The number of hydrogen-bond donors (Lipinski definition) is 2. The van der Waals surface area contributed by atoms with Crippen LogP contribution in [0.4, 0.5) is 0 Å². The van der Waals surface area contributed by atoms with Gasteiger partial charge in [-0.3, -0.25) is 4.79 Å². The molecule has 1 atom stereocenters. The van der Waals surface area contributed by atoms with Gasteiger partial charge in [0.15, 0.2) is 0 Å². The fourth-order valence-corrected chi connectivity index (χ4v) is 1.87. The van der Waals surface area contributed by atoms with Gasteiger partial charge in [0.05, 0.1) is 0 Å². The molecule has 0 saturated heterocycles. The molecule has 0 bridgehead atoms. The van der Waals surface area contributed by atoms with Crippen molar-refractivity contribution in [2.24, 2.45) is 0 Å². The summed E-state index contributed by atoms with van der Waals surface area (Å²) in [6, 6.07) is 13.0. The number of hydrogen-bond acceptors (Lipinski definition) is 4. The van der Waals surface area contributed by atoms with Crippen LogP contribution in [0.3, 0.4) is 0 Å². The molecule has 4 heteroatoms. The van der Waals surface area contributed by atoms with Crippen molar-refractivity contribution in [1.82, 2.24) is 0 Å². The first-order chi connectivity index (χ1) is 9.04. The Balaban J connectivity index is 2.32. The predicted octanol–water partition coefficient (Wildman–Crippen LogP) is 2.18. The van der Waals surface area contributed by atoms with Crippen LogP contribution in [0.2, 0.25) is 0 Å². The minimum atomic E-state index is -1.19. The Labute approximate surface area is 110 Å². The highest BCUT2D eigenvalue weighted by Crippen LogP contribution is 2.30. The van der Waals surface area contributed by atoms with Crippen molar-refractivity contribution in [3.8, 4) is 11.5 Å². The van der Waals surface area contributed by atoms with Crippen LogP contribution >= 0.6 is 0 Å². The Morgan fingerprint density at radius 2 is 1.47 bits per heavy atom. The maximum atomic E-state index is 10.6. The molecule has 1 unspecified atom stereocenters. The van der Waals surface area contributed by atoms with Crippen LogP contribution in [0.1, 0.15) is 18.1 Å². The van der Waals surface area contributed by atoms with Gasteiger partial charge in [-0.1, -0.05) is 24.3 Å². The molecule has 0 aliphatic rings. The van der Waals surface area contributed by atoms with E-state index in [0.29, 0.717) is 23.3 Å². The molecule has 2 rings (SSSR count). The summed E-state index contributed by atoms with van der Waals surface area (Å²) >= 11 is 0. The van der Waals surface area contributed by atoms with E-state index in [1.165, 1.54) is 12.1 Å². The first-order valence-electron chi connectivity index (χ1n) is 5.77. The Kier molecular flexibility index (Phi) is 3.53. The van der Waals surface area contributed by atoms with Gasteiger partial charge >= 0.3 is 0 Å². The Bertz CT molecular complexity index is 556. The number of phenolic OH excluding ortho intramolecular Hbond substituents is 1. The normalized spacial score (nSPS) is 13.6. The molecule has 98 valence electrons. The van der Waals surface area contributed by atoms with E-state index in [0.717, 1.165) is 0 Å². The standard InChI is InChI=1S/C15H14O4/c1-15(18,11-2-6-13(17)7-3-11)12-4-8-14(9-5-12)19-10-16/h2-10,17-18H,1H3. The molecule has 2 N–H and O–H groups in total. The topological polar surface area (TPSA) is 66.8 Å². The predicted molar refractivity (Wildman–Crippen MR) is 69.9 cm³/mol. The van der Waals surface area contributed by atoms with E-state index in [4.69, 9.17) is 4.74 Å². The average molecular weight is 258 g/mol. The lowest BCUT2D eigenvalue weighted by molar-refractivity contribution is -0.120. The van der Waals surface area contributed by atoms with Gasteiger partial charge < -0.3 is 14.9 Å². The zero-order valence-corrected chi connectivity index (χ0v) is 10.4. The SMILES string of the molecule is CC(O)(c1ccc(O)cc1)c1ccc(OC=O)cc1. The first-order valence-corrected chi connectivity index (χ1v) is 5.77. The van der Waals surface area contributed by atoms with Crippen LogP contribution in [-0.2, 0) is 10.4 Å². The number of carbonyl (C=O) groups excluding carboxylic acids is 1. The van der Waals surface area contributed by atoms with E-state index < -0.39 is 5.60 Å². The molecule has 0 radical (unpaired) electrons. The van der Waals surface area contributed by atoms with E-state index in [2.05, 4.69) is 0 Å². The van der Waals surface area contributed by atoms with Crippen LogP contribution in [0.25, 0.3) is 0 Å². The number of aromatic hydroxyl groups is 1. The summed E-state index contributed by atoms with van der Waals surface area (Å²) in [5, 5.41) is 19.8. The summed E-state index contributed by atoms with van der Waals surface area (Å²) in [7, 11) is 0. The Hall–Kier alpha value is -2.33. The van der Waals surface area contributed by atoms with E-state index in [1.54, 1.807) is 43.3 Å². The van der Waals surface area contributed by atoms with Crippen LogP contribution in [0.15, 0.2) is 48.5 Å². The third-order valence-corrected chi connectivity index (χ3v) is 3.03. The minimum Gasteiger partial charge on any atom is -0.508 e. The van der Waals surface area contributed by atoms with Gasteiger partial charge in [0.1, 0.15) is 17.1 Å². The van der Waals surface area contributed by atoms with Gasteiger partial charge in [0, 0.05) is 0 Å². The van der Waals surface area contributed by atoms with E-state index in [9.17, 15) is 15.0 Å². The van der Waals surface area contributed by atoms with Gasteiger partial charge in [-0.15, -0.1) is 0 Å². The van der Waals surface area contributed by atoms with Crippen LogP contribution in [-0.4, -0.2) is 16.7 Å². The fraction of sp³-hybridized carbons (Fsp3) is 0.133. The zero-order chi connectivity index (χ0) is 13.9. The molecule has 2 aromatic carbocycles. The van der Waals surface area contributed by atoms with Crippen LogP contribution < -0.4 is 4.74 Å². The third-order valence-electron chi connectivity index (χ3n) is 3.03. The fourth-order valence-electron chi connectivity index (χ4n) is 1.87. The summed E-state index contributed by atoms with van der Waals surface area (Å²) in [4.78, 5) is 10.2. The van der Waals surface area contributed by atoms with Gasteiger partial charge in [-0.05, 0) is 42.3 Å². The lowest BCUT2D eigenvalue weighted by Crippen LogP contribution is -2.22. The molecule has 0 amide bonds. The monoisotopic (exact) mass is 258 g/mol. The van der Waals surface area contributed by atoms with Crippen LogP contribution in [0, 0.1) is 0 Å². The second kappa shape index (κ2) is 5.12. The van der Waals surface area contributed by atoms with Gasteiger partial charge in [0.25, 0.3) is 6.47 Å². The Morgan fingerprint density at radius 1 is 1.00 bits per heavy atom. The molecule has 2 aromatic rings. The summed E-state index contributed by atoms with van der Waals surface area (Å²) in [5.41, 5.74) is 0.138. The number of carbonyl (C=O) groups is 1. The number of ether oxygens (including phenoxy) is 1. The van der Waals surface area contributed by atoms with Crippen molar-refractivity contribution in [1.29, 1.82) is 0 Å². The first kappa shape index (κ1) is 13.1. The highest BCUT2D eigenvalue weighted by molar-refractivity contribution is 5.46. The number of aliphatic hydroxyl groups is 1. The van der Waals surface area contributed by atoms with Gasteiger partial charge in [-0.2, -0.15) is 0 Å². The second-order valence-electron chi connectivity index (χ2n) is 4.36. The average Bonchev–Trinajstić information content (AvgIpc) is 2.40. The lowest BCUT2D eigenvalue weighted by Gasteiger charge is -2.24. The molecule has 0 aliphatic carbocycles. The molecule has 0 heterocycles. The van der Waals surface area contributed by atoms with E-state index >= 15 is 0 Å². The maximum Gasteiger partial charge on any atom is 0.298 e. The van der Waals surface area contributed by atoms with Gasteiger partial charge in [-0.25, -0.2) is 0 Å². The summed E-state index contributed by atoms with van der Waals surface area (Å²) < 4.78 is 4.70. The summed E-state index contributed by atoms with van der Waals surface area (Å²) in [6.07, 6.45) is 0. The Morgan fingerprint density at radius 3 is 1.95 bits per heavy atom. The largest absolute Gasteiger partial charge is 0.508 e. The minimum absolute atomic E-state index is 0.147. The smallest absolute Gasteiger partial charge is 0.298 e. The molecule has 0 spiro atoms. The molecule has 0 fully saturated rings. The van der Waals surface area contributed by atoms with Crippen molar-refractivity contribution in [3.05, 3.63) is 59.7 Å². The quantitative estimate of drug-likeness (QED) is 0.825. The van der Waals surface area contributed by atoms with Crippen molar-refractivity contribution in [3.63, 3.8) is 0 Å². The maximum absolute atomic E-state index is 10.6. The molecule has 19 heavy (non-hydrogen) atoms. The zero-order valence-electron chi connectivity index (χ0n) is 10.4. The van der Waals surface area contributed by atoms with Crippen molar-refractivity contribution in [2.75, 3.05) is 0 Å². The number of rotatable bonds is 4. The third kappa shape index (κ3) is 2.74. The molecular formula is C15H14O4. The molecule has 0 saturated carbocycles. The highest BCUT2D eigenvalue weighted by Gasteiger charge is 2.25. The molecule has 0 aliphatic heterocycles. The highest BCUT2D eigenvalue weighted by atomic mass is 16.5. The molecular weight excluding hydrogens is 244 g/mol. The molecule has 4 nitrogen and oxygen atoms in total. The number of phenols is 1. The lowest BCUT2D eigenvalue weighted by atomic mass is 9.88. The second-order valence-corrected chi connectivity index (χ2v) is 4.36. The number of benzene rings is 2. The van der Waals surface area contributed by atoms with Crippen molar-refractivity contribution < 1.29 is 19.7 Å². The van der Waals surface area contributed by atoms with E-state index in [1.807, 2.05) is 0 Å². The van der Waals surface area contributed by atoms with Crippen LogP contribution in [0.5, 0.6) is 11.5 Å².